The van der Waals surface area contributed by atoms with E-state index in [1.807, 2.05) is 0 Å². The highest BCUT2D eigenvalue weighted by atomic mass is 16.6. The number of ether oxygens (including phenoxy) is 2. The van der Waals surface area contributed by atoms with E-state index in [1.165, 1.54) is 25.3 Å². The molecular formula is C17H16N2O6. The maximum absolute atomic E-state index is 12.8. The van der Waals surface area contributed by atoms with Crippen molar-refractivity contribution >= 4 is 23.7 Å². The van der Waals surface area contributed by atoms with Crippen molar-refractivity contribution in [3.63, 3.8) is 0 Å². The number of carbonyl (C=O) groups is 4. The molecule has 8 nitrogen and oxygen atoms in total. The molecule has 130 valence electrons. The Morgan fingerprint density at radius 2 is 2.08 bits per heavy atom. The Hall–Kier alpha value is -3.00. The Morgan fingerprint density at radius 3 is 2.76 bits per heavy atom. The number of rotatable bonds is 4. The van der Waals surface area contributed by atoms with Gasteiger partial charge in [0, 0.05) is 12.8 Å². The molecule has 0 aromatic heterocycles. The molecule has 0 radical (unpaired) electrons. The average Bonchev–Trinajstić information content (AvgIpc) is 2.81. The number of carbonyl (C=O) groups excluding carboxylic acids is 4. The largest absolute Gasteiger partial charge is 0.424 e. The number of allylic oxidation sites excluding steroid dienone is 1. The van der Waals surface area contributed by atoms with Crippen LogP contribution in [0.15, 0.2) is 30.5 Å². The fourth-order valence-electron chi connectivity index (χ4n) is 2.92. The summed E-state index contributed by atoms with van der Waals surface area (Å²) in [6, 6.07) is 3.47. The van der Waals surface area contributed by atoms with Gasteiger partial charge in [-0.2, -0.15) is 0 Å². The quantitative estimate of drug-likeness (QED) is 0.488. The van der Waals surface area contributed by atoms with Crippen LogP contribution in [0.2, 0.25) is 0 Å². The van der Waals surface area contributed by atoms with Crippen LogP contribution in [0.1, 0.15) is 33.6 Å². The summed E-state index contributed by atoms with van der Waals surface area (Å²) >= 11 is 0. The SMILES string of the molecule is C=C1CCC(N2C(=O)c3cccc(OC(=O)COC)c3C2=O)C(=O)N1. The summed E-state index contributed by atoms with van der Waals surface area (Å²) in [5.41, 5.74) is 0.631. The number of benzene rings is 1. The van der Waals surface area contributed by atoms with E-state index >= 15 is 0 Å². The third-order valence-electron chi connectivity index (χ3n) is 4.03. The van der Waals surface area contributed by atoms with Crippen molar-refractivity contribution in [2.75, 3.05) is 13.7 Å². The van der Waals surface area contributed by atoms with E-state index in [0.29, 0.717) is 18.5 Å². The summed E-state index contributed by atoms with van der Waals surface area (Å²) in [5.74, 6) is -2.42. The smallest absolute Gasteiger partial charge is 0.337 e. The first-order chi connectivity index (χ1) is 11.9. The molecule has 1 unspecified atom stereocenters. The van der Waals surface area contributed by atoms with E-state index in [4.69, 9.17) is 4.74 Å². The molecule has 1 atom stereocenters. The highest BCUT2D eigenvalue weighted by Gasteiger charge is 2.45. The molecule has 1 N–H and O–H groups in total. The number of fused-ring (bicyclic) bond motifs is 1. The van der Waals surface area contributed by atoms with Crippen LogP contribution in [0.3, 0.4) is 0 Å². The van der Waals surface area contributed by atoms with Crippen molar-refractivity contribution in [1.82, 2.24) is 10.2 Å². The van der Waals surface area contributed by atoms with Crippen LogP contribution >= 0.6 is 0 Å². The molecule has 3 amide bonds. The molecule has 0 bridgehead atoms. The monoisotopic (exact) mass is 344 g/mol. The first kappa shape index (κ1) is 16.8. The zero-order valence-electron chi connectivity index (χ0n) is 13.5. The molecule has 25 heavy (non-hydrogen) atoms. The lowest BCUT2D eigenvalue weighted by Gasteiger charge is -2.29. The number of hydrogen-bond acceptors (Lipinski definition) is 6. The Kier molecular flexibility index (Phi) is 4.37. The van der Waals surface area contributed by atoms with E-state index in [0.717, 1.165) is 4.90 Å². The summed E-state index contributed by atoms with van der Waals surface area (Å²) in [6.07, 6.45) is 0.772. The summed E-state index contributed by atoms with van der Waals surface area (Å²) in [4.78, 5) is 50.1. The number of nitrogens with zero attached hydrogens (tertiary/aromatic N) is 1. The Bertz CT molecular complexity index is 800. The minimum atomic E-state index is -0.916. The maximum Gasteiger partial charge on any atom is 0.337 e. The number of amides is 3. The Labute approximate surface area is 143 Å². The van der Waals surface area contributed by atoms with E-state index in [-0.39, 0.29) is 23.5 Å². The number of methoxy groups -OCH3 is 1. The molecule has 1 saturated heterocycles. The van der Waals surface area contributed by atoms with E-state index in [1.54, 1.807) is 0 Å². The minimum Gasteiger partial charge on any atom is -0.424 e. The first-order valence-electron chi connectivity index (χ1n) is 7.63. The average molecular weight is 344 g/mol. The molecule has 8 heteroatoms. The van der Waals surface area contributed by atoms with Crippen molar-refractivity contribution in [3.8, 4) is 5.75 Å². The second-order valence-electron chi connectivity index (χ2n) is 5.71. The van der Waals surface area contributed by atoms with Gasteiger partial charge in [0.05, 0.1) is 11.1 Å². The molecule has 3 rings (SSSR count). The van der Waals surface area contributed by atoms with Crippen molar-refractivity contribution in [2.45, 2.75) is 18.9 Å². The lowest BCUT2D eigenvalue weighted by molar-refractivity contribution is -0.138. The second-order valence-corrected chi connectivity index (χ2v) is 5.71. The molecule has 0 aliphatic carbocycles. The fraction of sp³-hybridized carbons (Fsp3) is 0.294. The zero-order valence-corrected chi connectivity index (χ0v) is 13.5. The normalized spacial score (nSPS) is 19.7. The van der Waals surface area contributed by atoms with Crippen LogP contribution < -0.4 is 10.1 Å². The predicted octanol–water partition coefficient (Wildman–Crippen LogP) is 0.627. The molecular weight excluding hydrogens is 328 g/mol. The molecule has 0 saturated carbocycles. The van der Waals surface area contributed by atoms with Gasteiger partial charge in [0.2, 0.25) is 5.91 Å². The number of nitrogens with one attached hydrogen (secondary N) is 1. The van der Waals surface area contributed by atoms with Crippen LogP contribution in [0.4, 0.5) is 0 Å². The maximum atomic E-state index is 12.8. The van der Waals surface area contributed by atoms with Gasteiger partial charge in [0.15, 0.2) is 0 Å². The van der Waals surface area contributed by atoms with Crippen LogP contribution in [-0.2, 0) is 14.3 Å². The predicted molar refractivity (Wildman–Crippen MR) is 84.8 cm³/mol. The molecule has 2 aliphatic rings. The molecule has 0 spiro atoms. The van der Waals surface area contributed by atoms with Crippen molar-refractivity contribution < 1.29 is 28.7 Å². The molecule has 2 aliphatic heterocycles. The van der Waals surface area contributed by atoms with Gasteiger partial charge in [-0.3, -0.25) is 19.3 Å². The van der Waals surface area contributed by atoms with E-state index in [9.17, 15) is 19.2 Å². The topological polar surface area (TPSA) is 102 Å². The lowest BCUT2D eigenvalue weighted by atomic mass is 10.0. The van der Waals surface area contributed by atoms with Crippen molar-refractivity contribution in [3.05, 3.63) is 41.6 Å². The second kappa shape index (κ2) is 6.48. The van der Waals surface area contributed by atoms with Crippen molar-refractivity contribution in [2.24, 2.45) is 0 Å². The fourth-order valence-corrected chi connectivity index (χ4v) is 2.92. The third kappa shape index (κ3) is 2.91. The van der Waals surface area contributed by atoms with Gasteiger partial charge in [-0.25, -0.2) is 4.79 Å². The zero-order chi connectivity index (χ0) is 18.1. The van der Waals surface area contributed by atoms with Gasteiger partial charge in [-0.15, -0.1) is 0 Å². The Morgan fingerprint density at radius 1 is 1.32 bits per heavy atom. The number of imide groups is 1. The van der Waals surface area contributed by atoms with E-state index < -0.39 is 29.7 Å². The third-order valence-corrected chi connectivity index (χ3v) is 4.03. The van der Waals surface area contributed by atoms with E-state index in [2.05, 4.69) is 16.6 Å². The number of piperidine rings is 1. The van der Waals surface area contributed by atoms with Crippen LogP contribution in [-0.4, -0.2) is 48.3 Å². The standard InChI is InChI=1S/C17H16N2O6/c1-9-6-7-11(15(21)18-9)19-16(22)10-4-3-5-12(14(10)17(19)23)25-13(20)8-24-2/h3-5,11H,1,6-8H2,2H3,(H,18,21). The van der Waals surface area contributed by atoms with Crippen molar-refractivity contribution in [1.29, 1.82) is 0 Å². The van der Waals surface area contributed by atoms with Crippen LogP contribution in [0, 0.1) is 0 Å². The van der Waals surface area contributed by atoms with Gasteiger partial charge >= 0.3 is 5.97 Å². The summed E-state index contributed by atoms with van der Waals surface area (Å²) in [6.45, 7) is 3.39. The minimum absolute atomic E-state index is 0.0193. The summed E-state index contributed by atoms with van der Waals surface area (Å²) in [7, 11) is 1.34. The highest BCUT2D eigenvalue weighted by Crippen LogP contribution is 2.34. The molecule has 1 fully saturated rings. The Balaban J connectivity index is 1.93. The van der Waals surface area contributed by atoms with Gasteiger partial charge in [-0.05, 0) is 25.0 Å². The van der Waals surface area contributed by atoms with Crippen LogP contribution in [0.5, 0.6) is 5.75 Å². The van der Waals surface area contributed by atoms with Gasteiger partial charge in [0.1, 0.15) is 18.4 Å². The first-order valence-corrected chi connectivity index (χ1v) is 7.63. The van der Waals surface area contributed by atoms with Gasteiger partial charge < -0.3 is 14.8 Å². The molecule has 1 aromatic rings. The number of hydrogen-bond donors (Lipinski definition) is 1. The summed E-state index contributed by atoms with van der Waals surface area (Å²) in [5, 5.41) is 2.56. The van der Waals surface area contributed by atoms with Gasteiger partial charge in [-0.1, -0.05) is 12.6 Å². The molecule has 2 heterocycles. The lowest BCUT2D eigenvalue weighted by Crippen LogP contribution is -2.51. The van der Waals surface area contributed by atoms with Crippen LogP contribution in [0.25, 0.3) is 0 Å². The van der Waals surface area contributed by atoms with Gasteiger partial charge in [0.25, 0.3) is 11.8 Å². The highest BCUT2D eigenvalue weighted by molar-refractivity contribution is 6.24. The molecule has 1 aromatic carbocycles. The number of esters is 1. The summed E-state index contributed by atoms with van der Waals surface area (Å²) < 4.78 is 9.80.